The molecule has 0 aliphatic heterocycles. The molecule has 1 heterocycles. The molecule has 1 atom stereocenters. The van der Waals surface area contributed by atoms with Gasteiger partial charge in [0, 0.05) is 25.1 Å². The molecule has 0 amide bonds. The zero-order valence-corrected chi connectivity index (χ0v) is 14.1. The Morgan fingerprint density at radius 1 is 1.19 bits per heavy atom. The Morgan fingerprint density at radius 2 is 2.00 bits per heavy atom. The second kappa shape index (κ2) is 6.05. The molecule has 1 unspecified atom stereocenters. The maximum absolute atomic E-state index is 13.2. The summed E-state index contributed by atoms with van der Waals surface area (Å²) in [6.07, 6.45) is 0.654. The first-order valence-electron chi connectivity index (χ1n) is 6.41. The van der Waals surface area contributed by atoms with Crippen LogP contribution in [-0.4, -0.2) is 0 Å². The van der Waals surface area contributed by atoms with Gasteiger partial charge in [-0.15, -0.1) is 11.3 Å². The molecule has 0 radical (unpaired) electrons. The summed E-state index contributed by atoms with van der Waals surface area (Å²) >= 11 is 11.2. The topological polar surface area (TPSA) is 26.0 Å². The van der Waals surface area contributed by atoms with Crippen molar-refractivity contribution in [3.63, 3.8) is 0 Å². The number of halogens is 3. The van der Waals surface area contributed by atoms with Gasteiger partial charge in [-0.3, -0.25) is 0 Å². The van der Waals surface area contributed by atoms with E-state index in [4.69, 9.17) is 17.3 Å². The standard InChI is InChI=1S/C16H12BrClFNS/c17-11-2-1-9(13(18)8-11)6-14(20)16-7-10-5-12(19)3-4-15(10)21-16/h1-5,7-8,14H,6,20H2. The van der Waals surface area contributed by atoms with E-state index in [-0.39, 0.29) is 11.9 Å². The minimum Gasteiger partial charge on any atom is -0.323 e. The summed E-state index contributed by atoms with van der Waals surface area (Å²) in [6.45, 7) is 0. The lowest BCUT2D eigenvalue weighted by Crippen LogP contribution is -2.12. The van der Waals surface area contributed by atoms with E-state index in [0.29, 0.717) is 11.4 Å². The molecule has 3 rings (SSSR count). The highest BCUT2D eigenvalue weighted by molar-refractivity contribution is 9.10. The van der Waals surface area contributed by atoms with Crippen molar-refractivity contribution in [2.45, 2.75) is 12.5 Å². The number of nitrogens with two attached hydrogens (primary N) is 1. The van der Waals surface area contributed by atoms with Crippen LogP contribution in [0.5, 0.6) is 0 Å². The van der Waals surface area contributed by atoms with Crippen LogP contribution in [-0.2, 0) is 6.42 Å². The molecule has 0 aliphatic carbocycles. The van der Waals surface area contributed by atoms with Crippen molar-refractivity contribution in [2.75, 3.05) is 0 Å². The van der Waals surface area contributed by atoms with Crippen LogP contribution in [0.1, 0.15) is 16.5 Å². The van der Waals surface area contributed by atoms with Crippen molar-refractivity contribution in [1.82, 2.24) is 0 Å². The van der Waals surface area contributed by atoms with Crippen LogP contribution in [0.25, 0.3) is 10.1 Å². The number of benzene rings is 2. The molecular formula is C16H12BrClFNS. The normalized spacial score (nSPS) is 12.8. The van der Waals surface area contributed by atoms with Crippen molar-refractivity contribution in [2.24, 2.45) is 5.73 Å². The van der Waals surface area contributed by atoms with Gasteiger partial charge in [0.25, 0.3) is 0 Å². The average Bonchev–Trinajstić information content (AvgIpc) is 2.85. The molecule has 0 bridgehead atoms. The molecule has 1 nitrogen and oxygen atoms in total. The minimum atomic E-state index is -0.226. The maximum Gasteiger partial charge on any atom is 0.123 e. The van der Waals surface area contributed by atoms with E-state index in [9.17, 15) is 4.39 Å². The predicted octanol–water partition coefficient (Wildman–Crippen LogP) is 5.70. The average molecular weight is 385 g/mol. The van der Waals surface area contributed by atoms with E-state index < -0.39 is 0 Å². The highest BCUT2D eigenvalue weighted by atomic mass is 79.9. The molecular weight excluding hydrogens is 373 g/mol. The van der Waals surface area contributed by atoms with E-state index in [1.54, 1.807) is 17.4 Å². The summed E-state index contributed by atoms with van der Waals surface area (Å²) in [5.41, 5.74) is 7.29. The Morgan fingerprint density at radius 3 is 2.76 bits per heavy atom. The second-order valence-electron chi connectivity index (χ2n) is 4.88. The Bertz CT molecular complexity index is 802. The zero-order chi connectivity index (χ0) is 15.0. The van der Waals surface area contributed by atoms with E-state index in [1.165, 1.54) is 12.1 Å². The van der Waals surface area contributed by atoms with Crippen LogP contribution in [0, 0.1) is 5.82 Å². The van der Waals surface area contributed by atoms with Gasteiger partial charge in [-0.2, -0.15) is 0 Å². The van der Waals surface area contributed by atoms with Crippen LogP contribution in [0.3, 0.4) is 0 Å². The van der Waals surface area contributed by atoms with Gasteiger partial charge >= 0.3 is 0 Å². The fraction of sp³-hybridized carbons (Fsp3) is 0.125. The number of rotatable bonds is 3. The molecule has 2 aromatic carbocycles. The fourth-order valence-corrected chi connectivity index (χ4v) is 4.04. The third-order valence-corrected chi connectivity index (χ3v) is 5.41. The summed E-state index contributed by atoms with van der Waals surface area (Å²) in [5.74, 6) is -0.226. The molecule has 0 saturated carbocycles. The van der Waals surface area contributed by atoms with E-state index in [1.807, 2.05) is 24.3 Å². The van der Waals surface area contributed by atoms with Crippen LogP contribution >= 0.6 is 38.9 Å². The van der Waals surface area contributed by atoms with Gasteiger partial charge in [0.15, 0.2) is 0 Å². The molecule has 0 aliphatic rings. The van der Waals surface area contributed by atoms with E-state index in [0.717, 1.165) is 25.0 Å². The smallest absolute Gasteiger partial charge is 0.123 e. The Labute approximate surface area is 139 Å². The van der Waals surface area contributed by atoms with Crippen molar-refractivity contribution in [1.29, 1.82) is 0 Å². The van der Waals surface area contributed by atoms with E-state index in [2.05, 4.69) is 15.9 Å². The lowest BCUT2D eigenvalue weighted by atomic mass is 10.0. The van der Waals surface area contributed by atoms with Gasteiger partial charge in [0.05, 0.1) is 0 Å². The first-order valence-corrected chi connectivity index (χ1v) is 8.40. The minimum absolute atomic E-state index is 0.149. The molecule has 2 N–H and O–H groups in total. The number of fused-ring (bicyclic) bond motifs is 1. The Hall–Kier alpha value is -0.940. The van der Waals surface area contributed by atoms with Crippen LogP contribution in [0.2, 0.25) is 5.02 Å². The quantitative estimate of drug-likeness (QED) is 0.616. The highest BCUT2D eigenvalue weighted by Gasteiger charge is 2.13. The highest BCUT2D eigenvalue weighted by Crippen LogP contribution is 2.32. The first kappa shape index (κ1) is 15.0. The Balaban J connectivity index is 1.87. The third kappa shape index (κ3) is 3.29. The molecule has 21 heavy (non-hydrogen) atoms. The van der Waals surface area contributed by atoms with Gasteiger partial charge in [-0.25, -0.2) is 4.39 Å². The van der Waals surface area contributed by atoms with Crippen molar-refractivity contribution < 1.29 is 4.39 Å². The van der Waals surface area contributed by atoms with Gasteiger partial charge in [0.2, 0.25) is 0 Å². The van der Waals surface area contributed by atoms with Crippen molar-refractivity contribution >= 4 is 49.0 Å². The maximum atomic E-state index is 13.2. The molecule has 0 saturated heterocycles. The molecule has 0 spiro atoms. The van der Waals surface area contributed by atoms with Crippen LogP contribution in [0.4, 0.5) is 4.39 Å². The zero-order valence-electron chi connectivity index (χ0n) is 10.9. The molecule has 3 aromatic rings. The summed E-state index contributed by atoms with van der Waals surface area (Å²) in [6, 6.07) is 12.4. The molecule has 1 aromatic heterocycles. The summed E-state index contributed by atoms with van der Waals surface area (Å²) in [5, 5.41) is 1.60. The SMILES string of the molecule is NC(Cc1ccc(Br)cc1Cl)c1cc2cc(F)ccc2s1. The van der Waals surface area contributed by atoms with Crippen LogP contribution in [0.15, 0.2) is 46.9 Å². The molecule has 5 heteroatoms. The second-order valence-corrected chi connectivity index (χ2v) is 7.32. The molecule has 108 valence electrons. The largest absolute Gasteiger partial charge is 0.323 e. The number of hydrogen-bond acceptors (Lipinski definition) is 2. The fourth-order valence-electron chi connectivity index (χ4n) is 2.24. The van der Waals surface area contributed by atoms with Crippen molar-refractivity contribution in [3.8, 4) is 0 Å². The lowest BCUT2D eigenvalue weighted by Gasteiger charge is -2.11. The van der Waals surface area contributed by atoms with Crippen molar-refractivity contribution in [3.05, 3.63) is 68.2 Å². The van der Waals surface area contributed by atoms with E-state index >= 15 is 0 Å². The van der Waals surface area contributed by atoms with Crippen LogP contribution < -0.4 is 5.73 Å². The number of thiophene rings is 1. The van der Waals surface area contributed by atoms with Gasteiger partial charge in [0.1, 0.15) is 5.82 Å². The van der Waals surface area contributed by atoms with Gasteiger partial charge in [-0.05, 0) is 53.8 Å². The monoisotopic (exact) mass is 383 g/mol. The summed E-state index contributed by atoms with van der Waals surface area (Å²) < 4.78 is 15.2. The first-order chi connectivity index (χ1) is 10.0. The number of hydrogen-bond donors (Lipinski definition) is 1. The molecule has 0 fully saturated rings. The predicted molar refractivity (Wildman–Crippen MR) is 91.6 cm³/mol. The summed E-state index contributed by atoms with van der Waals surface area (Å²) in [7, 11) is 0. The van der Waals surface area contributed by atoms with Gasteiger partial charge in [-0.1, -0.05) is 33.6 Å². The third-order valence-electron chi connectivity index (χ3n) is 3.32. The summed E-state index contributed by atoms with van der Waals surface area (Å²) in [4.78, 5) is 1.04. The lowest BCUT2D eigenvalue weighted by molar-refractivity contribution is 0.630. The Kier molecular flexibility index (Phi) is 4.31. The van der Waals surface area contributed by atoms with Gasteiger partial charge < -0.3 is 5.73 Å².